The molecular formula is C11H20N4O4. The zero-order chi connectivity index (χ0) is 15.5. The first-order valence-electron chi connectivity index (χ1n) is 5.36. The third kappa shape index (κ3) is 25.9. The number of carbonyl (C=O) groups excluding carboxylic acids is 3. The quantitative estimate of drug-likeness (QED) is 0.167. The first-order chi connectivity index (χ1) is 9.05. The molecule has 0 fully saturated rings. The zero-order valence-corrected chi connectivity index (χ0v) is 10.7. The fourth-order valence-corrected chi connectivity index (χ4v) is 0.875. The molecule has 0 saturated carbocycles. The van der Waals surface area contributed by atoms with Crippen molar-refractivity contribution >= 4 is 18.1 Å². The van der Waals surface area contributed by atoms with E-state index in [2.05, 4.69) is 6.58 Å². The molecule has 108 valence electrons. The molecule has 0 rings (SSSR count). The summed E-state index contributed by atoms with van der Waals surface area (Å²) in [5, 5.41) is 10.8. The van der Waals surface area contributed by atoms with Crippen molar-refractivity contribution in [3.8, 4) is 0 Å². The van der Waals surface area contributed by atoms with Crippen LogP contribution < -0.4 is 11.5 Å². The molecule has 0 aromatic carbocycles. The summed E-state index contributed by atoms with van der Waals surface area (Å²) in [5.74, 6) is -0.364. The van der Waals surface area contributed by atoms with E-state index in [1.165, 1.54) is 6.08 Å². The molecule has 0 saturated heterocycles. The van der Waals surface area contributed by atoms with E-state index in [-0.39, 0.29) is 12.6 Å². The van der Waals surface area contributed by atoms with Gasteiger partial charge in [-0.2, -0.15) is 0 Å². The van der Waals surface area contributed by atoms with Crippen molar-refractivity contribution in [3.05, 3.63) is 12.7 Å². The van der Waals surface area contributed by atoms with Crippen molar-refractivity contribution in [2.24, 2.45) is 11.5 Å². The van der Waals surface area contributed by atoms with Crippen LogP contribution in [0.15, 0.2) is 12.7 Å². The molecule has 1 atom stereocenters. The number of ether oxygens (including phenoxy) is 1. The Bertz CT molecular complexity index is 283. The fraction of sp³-hybridized carbons (Fsp3) is 0.545. The highest BCUT2D eigenvalue weighted by atomic mass is 16.5. The highest BCUT2D eigenvalue weighted by Gasteiger charge is 2.13. The fourth-order valence-electron chi connectivity index (χ4n) is 0.875. The topological polar surface area (TPSA) is 160 Å². The van der Waals surface area contributed by atoms with Crippen LogP contribution in [-0.2, 0) is 19.1 Å². The predicted molar refractivity (Wildman–Crippen MR) is 68.9 cm³/mol. The molecule has 0 amide bonds. The Balaban J connectivity index is -0.000000360. The lowest BCUT2D eigenvalue weighted by Crippen LogP contribution is -2.32. The number of hydrogen-bond acceptors (Lipinski definition) is 8. The number of hydrogen-bond donors (Lipinski definition) is 4. The molecule has 19 heavy (non-hydrogen) atoms. The van der Waals surface area contributed by atoms with Gasteiger partial charge in [0.25, 0.3) is 0 Å². The molecule has 0 spiro atoms. The van der Waals surface area contributed by atoms with Gasteiger partial charge in [0, 0.05) is 0 Å². The van der Waals surface area contributed by atoms with E-state index in [1.54, 1.807) is 0 Å². The molecule has 0 bridgehead atoms. The maximum atomic E-state index is 11.1. The van der Waals surface area contributed by atoms with Gasteiger partial charge in [-0.1, -0.05) is 19.1 Å². The van der Waals surface area contributed by atoms with Crippen LogP contribution in [0.2, 0.25) is 0 Å². The highest BCUT2D eigenvalue weighted by Crippen LogP contribution is 1.99. The maximum absolute atomic E-state index is 11.1. The van der Waals surface area contributed by atoms with Gasteiger partial charge < -0.3 is 16.2 Å². The minimum atomic E-state index is -0.522. The van der Waals surface area contributed by atoms with Crippen LogP contribution in [0.3, 0.4) is 0 Å². The lowest BCUT2D eigenvalue weighted by molar-refractivity contribution is -0.144. The first-order valence-corrected chi connectivity index (χ1v) is 5.36. The van der Waals surface area contributed by atoms with E-state index >= 15 is 0 Å². The number of nitrogens with one attached hydrogen (secondary N) is 2. The summed E-state index contributed by atoms with van der Waals surface area (Å²) in [7, 11) is 0. The van der Waals surface area contributed by atoms with Crippen molar-refractivity contribution in [2.45, 2.75) is 25.3 Å². The third-order valence-electron chi connectivity index (χ3n) is 1.62. The number of esters is 1. The molecule has 0 aliphatic carbocycles. The molecule has 0 aliphatic rings. The minimum Gasteiger partial charge on any atom is -0.460 e. The monoisotopic (exact) mass is 272 g/mol. The van der Waals surface area contributed by atoms with Gasteiger partial charge >= 0.3 is 5.97 Å². The van der Waals surface area contributed by atoms with Gasteiger partial charge in [0.1, 0.15) is 12.6 Å². The number of unbranched alkanes of at least 4 members (excludes halogenated alkanes) is 1. The first kappa shape index (κ1) is 22.1. The largest absolute Gasteiger partial charge is 0.460 e. The summed E-state index contributed by atoms with van der Waals surface area (Å²) in [6.45, 7) is 4.29. The van der Waals surface area contributed by atoms with Gasteiger partial charge in [-0.3, -0.25) is 4.79 Å². The Hall–Kier alpha value is -2.11. The number of rotatable bonds is 7. The molecule has 6 N–H and O–H groups in total. The second-order valence-corrected chi connectivity index (χ2v) is 3.01. The van der Waals surface area contributed by atoms with Crippen LogP contribution in [-0.4, -0.2) is 37.3 Å². The van der Waals surface area contributed by atoms with Crippen LogP contribution in [0.4, 0.5) is 0 Å². The van der Waals surface area contributed by atoms with E-state index in [4.69, 9.17) is 36.6 Å². The second-order valence-electron chi connectivity index (χ2n) is 3.01. The molecule has 0 radical (unpaired) electrons. The van der Waals surface area contributed by atoms with E-state index in [1.807, 2.05) is 0 Å². The van der Waals surface area contributed by atoms with E-state index in [0.29, 0.717) is 13.0 Å². The molecule has 0 heterocycles. The Kier molecular flexibility index (Phi) is 24.7. The molecule has 0 aliphatic heterocycles. The maximum Gasteiger partial charge on any atom is 0.323 e. The molecule has 8 heteroatoms. The predicted octanol–water partition coefficient (Wildman–Crippen LogP) is -0.0262. The molecule has 8 nitrogen and oxygen atoms in total. The SMILES string of the molecule is C=CCOC(=O)[C@@H](N)CCCCN.N=C=O.N=C=O. The van der Waals surface area contributed by atoms with E-state index < -0.39 is 6.04 Å². The van der Waals surface area contributed by atoms with Gasteiger partial charge in [0.2, 0.25) is 12.2 Å². The van der Waals surface area contributed by atoms with E-state index in [0.717, 1.165) is 25.0 Å². The van der Waals surface area contributed by atoms with Crippen LogP contribution in [0.1, 0.15) is 19.3 Å². The molecule has 0 aromatic heterocycles. The summed E-state index contributed by atoms with van der Waals surface area (Å²) < 4.78 is 4.77. The van der Waals surface area contributed by atoms with Crippen molar-refractivity contribution in [1.82, 2.24) is 0 Å². The van der Waals surface area contributed by atoms with Gasteiger partial charge in [0.15, 0.2) is 0 Å². The Morgan fingerprint density at radius 2 is 1.79 bits per heavy atom. The lowest BCUT2D eigenvalue weighted by Gasteiger charge is -2.09. The summed E-state index contributed by atoms with van der Waals surface area (Å²) >= 11 is 0. The Morgan fingerprint density at radius 3 is 2.16 bits per heavy atom. The molecular weight excluding hydrogens is 252 g/mol. The molecule has 0 unspecified atom stereocenters. The normalized spacial score (nSPS) is 9.16. The number of isocyanates is 2. The standard InChI is InChI=1S/C9H18N2O2.2CHNO/c1-2-7-13-9(12)8(11)5-3-4-6-10;2*2-1-3/h2,8H,1,3-7,10-11H2;2*2H/t8-;;/m0../s1. The van der Waals surface area contributed by atoms with Crippen LogP contribution >= 0.6 is 0 Å². The number of nitrogens with two attached hydrogens (primary N) is 2. The van der Waals surface area contributed by atoms with Crippen LogP contribution in [0.25, 0.3) is 0 Å². The summed E-state index contributed by atoms with van der Waals surface area (Å²) in [6.07, 6.45) is 5.40. The Morgan fingerprint density at radius 1 is 1.32 bits per heavy atom. The zero-order valence-electron chi connectivity index (χ0n) is 10.7. The molecule has 0 aromatic rings. The average molecular weight is 272 g/mol. The highest BCUT2D eigenvalue weighted by molar-refractivity contribution is 5.75. The second kappa shape index (κ2) is 21.2. The Labute approximate surface area is 111 Å². The van der Waals surface area contributed by atoms with Crippen LogP contribution in [0.5, 0.6) is 0 Å². The summed E-state index contributed by atoms with van der Waals surface area (Å²) in [6, 6.07) is -0.522. The van der Waals surface area contributed by atoms with Crippen molar-refractivity contribution in [2.75, 3.05) is 13.2 Å². The van der Waals surface area contributed by atoms with Crippen molar-refractivity contribution < 1.29 is 19.1 Å². The van der Waals surface area contributed by atoms with E-state index in [9.17, 15) is 4.79 Å². The van der Waals surface area contributed by atoms with Gasteiger partial charge in [0.05, 0.1) is 0 Å². The minimum absolute atomic E-state index is 0.226. The number of carbonyl (C=O) groups is 1. The van der Waals surface area contributed by atoms with Crippen LogP contribution in [0, 0.1) is 10.8 Å². The lowest BCUT2D eigenvalue weighted by atomic mass is 10.1. The third-order valence-corrected chi connectivity index (χ3v) is 1.62. The van der Waals surface area contributed by atoms with Gasteiger partial charge in [-0.25, -0.2) is 20.4 Å². The van der Waals surface area contributed by atoms with Crippen molar-refractivity contribution in [3.63, 3.8) is 0 Å². The average Bonchev–Trinajstić information content (AvgIpc) is 2.38. The summed E-state index contributed by atoms with van der Waals surface area (Å²) in [4.78, 5) is 27.8. The van der Waals surface area contributed by atoms with Crippen molar-refractivity contribution in [1.29, 1.82) is 10.8 Å². The smallest absolute Gasteiger partial charge is 0.323 e. The van der Waals surface area contributed by atoms with Gasteiger partial charge in [-0.15, -0.1) is 0 Å². The van der Waals surface area contributed by atoms with Gasteiger partial charge in [-0.05, 0) is 19.4 Å². The summed E-state index contributed by atoms with van der Waals surface area (Å²) in [5.41, 5.74) is 10.8.